The van der Waals surface area contributed by atoms with E-state index >= 15 is 0 Å². The first-order valence-electron chi connectivity index (χ1n) is 4.28. The van der Waals surface area contributed by atoms with Gasteiger partial charge in [-0.1, -0.05) is 6.07 Å². The molecule has 0 bridgehead atoms. The third kappa shape index (κ3) is 1.93. The molecule has 0 spiro atoms. The molecule has 0 aromatic carbocycles. The molecule has 2 rings (SSSR count). The fourth-order valence-corrected chi connectivity index (χ4v) is 2.11. The van der Waals surface area contributed by atoms with E-state index in [-0.39, 0.29) is 11.2 Å². The number of hydrogen-bond acceptors (Lipinski definition) is 3. The maximum absolute atomic E-state index is 11.5. The van der Waals surface area contributed by atoms with Gasteiger partial charge in [-0.25, -0.2) is 4.98 Å². The van der Waals surface area contributed by atoms with Gasteiger partial charge in [-0.15, -0.1) is 0 Å². The molecule has 3 nitrogen and oxygen atoms in total. The van der Waals surface area contributed by atoms with E-state index in [9.17, 15) is 4.79 Å². The average molecular weight is 273 g/mol. The van der Waals surface area contributed by atoms with Crippen LogP contribution in [0.3, 0.4) is 0 Å². The van der Waals surface area contributed by atoms with Crippen LogP contribution in [0, 0.1) is 0 Å². The standard InChI is InChI=1S/C9H9BrN2OS/c10-7-2-1-3-8(11-7)12-5-6(14)4-9(12)13/h1-3,6,14H,4-5H2. The highest BCUT2D eigenvalue weighted by Gasteiger charge is 2.28. The Kier molecular flexibility index (Phi) is 2.78. The predicted molar refractivity (Wildman–Crippen MR) is 61.7 cm³/mol. The Bertz CT molecular complexity index is 372. The third-order valence-electron chi connectivity index (χ3n) is 2.08. The van der Waals surface area contributed by atoms with Crippen LogP contribution in [0.1, 0.15) is 6.42 Å². The van der Waals surface area contributed by atoms with Gasteiger partial charge in [0, 0.05) is 18.2 Å². The Morgan fingerprint density at radius 2 is 2.36 bits per heavy atom. The van der Waals surface area contributed by atoms with Crippen molar-refractivity contribution < 1.29 is 4.79 Å². The maximum atomic E-state index is 11.5. The first kappa shape index (κ1) is 9.98. The zero-order chi connectivity index (χ0) is 10.1. The van der Waals surface area contributed by atoms with Crippen molar-refractivity contribution in [1.29, 1.82) is 0 Å². The van der Waals surface area contributed by atoms with Gasteiger partial charge < -0.3 is 0 Å². The molecule has 0 N–H and O–H groups in total. The SMILES string of the molecule is O=C1CC(S)CN1c1cccc(Br)n1. The van der Waals surface area contributed by atoms with Crippen LogP contribution in [-0.4, -0.2) is 22.7 Å². The van der Waals surface area contributed by atoms with Crippen molar-refractivity contribution in [3.05, 3.63) is 22.8 Å². The number of hydrogen-bond donors (Lipinski definition) is 1. The molecule has 2 heterocycles. The number of thiol groups is 1. The van der Waals surface area contributed by atoms with Gasteiger partial charge in [0.15, 0.2) is 0 Å². The van der Waals surface area contributed by atoms with Crippen molar-refractivity contribution in [1.82, 2.24) is 4.98 Å². The highest BCUT2D eigenvalue weighted by molar-refractivity contribution is 9.10. The van der Waals surface area contributed by atoms with E-state index in [0.717, 1.165) is 4.60 Å². The summed E-state index contributed by atoms with van der Waals surface area (Å²) in [5, 5.41) is 0.128. The van der Waals surface area contributed by atoms with Gasteiger partial charge >= 0.3 is 0 Å². The van der Waals surface area contributed by atoms with Crippen molar-refractivity contribution >= 4 is 40.3 Å². The summed E-state index contributed by atoms with van der Waals surface area (Å²) < 4.78 is 0.741. The normalized spacial score (nSPS) is 21.7. The number of pyridine rings is 1. The number of amides is 1. The van der Waals surface area contributed by atoms with E-state index in [2.05, 4.69) is 33.5 Å². The van der Waals surface area contributed by atoms with Gasteiger partial charge in [0.05, 0.1) is 0 Å². The van der Waals surface area contributed by atoms with Crippen LogP contribution in [-0.2, 0) is 4.79 Å². The lowest BCUT2D eigenvalue weighted by Gasteiger charge is -2.14. The molecule has 0 saturated carbocycles. The van der Waals surface area contributed by atoms with Gasteiger partial charge in [-0.3, -0.25) is 9.69 Å². The fraction of sp³-hybridized carbons (Fsp3) is 0.333. The summed E-state index contributed by atoms with van der Waals surface area (Å²) in [6.45, 7) is 0.644. The van der Waals surface area contributed by atoms with Crippen LogP contribution in [0.15, 0.2) is 22.8 Å². The van der Waals surface area contributed by atoms with Gasteiger partial charge in [-0.05, 0) is 28.1 Å². The van der Waals surface area contributed by atoms with E-state index in [4.69, 9.17) is 0 Å². The van der Waals surface area contributed by atoms with Gasteiger partial charge in [0.25, 0.3) is 0 Å². The van der Waals surface area contributed by atoms with E-state index in [0.29, 0.717) is 18.8 Å². The molecule has 14 heavy (non-hydrogen) atoms. The molecule has 1 saturated heterocycles. The second-order valence-corrected chi connectivity index (χ2v) is 4.72. The summed E-state index contributed by atoms with van der Waals surface area (Å²) >= 11 is 7.56. The van der Waals surface area contributed by atoms with Crippen molar-refractivity contribution in [3.63, 3.8) is 0 Å². The van der Waals surface area contributed by atoms with Crippen LogP contribution in [0.5, 0.6) is 0 Å². The average Bonchev–Trinajstić information content (AvgIpc) is 2.45. The second kappa shape index (κ2) is 3.90. The van der Waals surface area contributed by atoms with E-state index in [1.807, 2.05) is 18.2 Å². The molecule has 74 valence electrons. The lowest BCUT2D eigenvalue weighted by atomic mass is 10.4. The summed E-state index contributed by atoms with van der Waals surface area (Å²) in [5.74, 6) is 0.788. The maximum Gasteiger partial charge on any atom is 0.229 e. The minimum absolute atomic E-state index is 0.0931. The third-order valence-corrected chi connectivity index (χ3v) is 2.87. The Morgan fingerprint density at radius 3 is 2.93 bits per heavy atom. The molecule has 1 fully saturated rings. The van der Waals surface area contributed by atoms with Crippen molar-refractivity contribution in [2.24, 2.45) is 0 Å². The summed E-state index contributed by atoms with van der Waals surface area (Å²) in [6.07, 6.45) is 0.497. The molecule has 0 aliphatic carbocycles. The van der Waals surface area contributed by atoms with E-state index < -0.39 is 0 Å². The number of aromatic nitrogens is 1. The number of anilines is 1. The number of carbonyl (C=O) groups is 1. The predicted octanol–water partition coefficient (Wildman–Crippen LogP) is 1.88. The lowest BCUT2D eigenvalue weighted by Crippen LogP contribution is -2.25. The van der Waals surface area contributed by atoms with Crippen LogP contribution in [0.4, 0.5) is 5.82 Å². The molecule has 1 aromatic heterocycles. The number of carbonyl (C=O) groups excluding carboxylic acids is 1. The minimum atomic E-state index is 0.0931. The van der Waals surface area contributed by atoms with Crippen LogP contribution < -0.4 is 4.90 Å². The summed E-state index contributed by atoms with van der Waals surface area (Å²) in [5.41, 5.74) is 0. The van der Waals surface area contributed by atoms with Crippen molar-refractivity contribution in [3.8, 4) is 0 Å². The van der Waals surface area contributed by atoms with Crippen molar-refractivity contribution in [2.75, 3.05) is 11.4 Å². The summed E-state index contributed by atoms with van der Waals surface area (Å²) in [6, 6.07) is 5.53. The molecule has 1 aliphatic heterocycles. The highest BCUT2D eigenvalue weighted by Crippen LogP contribution is 2.23. The Morgan fingerprint density at radius 1 is 1.57 bits per heavy atom. The number of halogens is 1. The molecule has 0 radical (unpaired) electrons. The molecule has 1 aromatic rings. The van der Waals surface area contributed by atoms with Gasteiger partial charge in [-0.2, -0.15) is 12.6 Å². The molecule has 5 heteroatoms. The van der Waals surface area contributed by atoms with Crippen LogP contribution in [0.25, 0.3) is 0 Å². The van der Waals surface area contributed by atoms with Gasteiger partial charge in [0.1, 0.15) is 10.4 Å². The fourth-order valence-electron chi connectivity index (χ4n) is 1.46. The highest BCUT2D eigenvalue weighted by atomic mass is 79.9. The Balaban J connectivity index is 2.27. The minimum Gasteiger partial charge on any atom is -0.296 e. The lowest BCUT2D eigenvalue weighted by molar-refractivity contribution is -0.117. The number of nitrogens with zero attached hydrogens (tertiary/aromatic N) is 2. The number of rotatable bonds is 1. The summed E-state index contributed by atoms with van der Waals surface area (Å²) in [7, 11) is 0. The topological polar surface area (TPSA) is 33.2 Å². The van der Waals surface area contributed by atoms with Crippen LogP contribution in [0.2, 0.25) is 0 Å². The second-order valence-electron chi connectivity index (χ2n) is 3.18. The van der Waals surface area contributed by atoms with Gasteiger partial charge in [0.2, 0.25) is 5.91 Å². The molecular weight excluding hydrogens is 264 g/mol. The molecule has 1 unspecified atom stereocenters. The molecule has 1 atom stereocenters. The zero-order valence-electron chi connectivity index (χ0n) is 7.35. The van der Waals surface area contributed by atoms with Crippen molar-refractivity contribution in [2.45, 2.75) is 11.7 Å². The molecular formula is C9H9BrN2OS. The largest absolute Gasteiger partial charge is 0.296 e. The first-order valence-corrected chi connectivity index (χ1v) is 5.59. The Hall–Kier alpha value is -0.550. The summed E-state index contributed by atoms with van der Waals surface area (Å²) in [4.78, 5) is 17.4. The van der Waals surface area contributed by atoms with E-state index in [1.54, 1.807) is 4.90 Å². The quantitative estimate of drug-likeness (QED) is 0.626. The molecule has 1 aliphatic rings. The molecule has 1 amide bonds. The van der Waals surface area contributed by atoms with E-state index in [1.165, 1.54) is 0 Å². The van der Waals surface area contributed by atoms with Crippen LogP contribution >= 0.6 is 28.6 Å². The monoisotopic (exact) mass is 272 g/mol. The zero-order valence-corrected chi connectivity index (χ0v) is 9.83. The first-order chi connectivity index (χ1) is 6.66. The smallest absolute Gasteiger partial charge is 0.229 e. The Labute approximate surface area is 96.0 Å².